The maximum Gasteiger partial charge on any atom is 0.251 e. The Morgan fingerprint density at radius 1 is 1.28 bits per heavy atom. The van der Waals surface area contributed by atoms with Gasteiger partial charge in [0.05, 0.1) is 5.56 Å². The Kier molecular flexibility index (Phi) is 3.10. The molecule has 18 heavy (non-hydrogen) atoms. The van der Waals surface area contributed by atoms with E-state index in [0.29, 0.717) is 0 Å². The third-order valence-electron chi connectivity index (χ3n) is 2.77. The van der Waals surface area contributed by atoms with Crippen molar-refractivity contribution in [2.24, 2.45) is 5.73 Å². The number of aromatic nitrogens is 1. The van der Waals surface area contributed by atoms with Gasteiger partial charge in [-0.2, -0.15) is 0 Å². The Bertz CT molecular complexity index is 623. The number of aryl methyl sites for hydroxylation is 2. The van der Waals surface area contributed by atoms with Crippen LogP contribution in [0.1, 0.15) is 21.6 Å². The summed E-state index contributed by atoms with van der Waals surface area (Å²) in [6.45, 7) is 3.79. The Morgan fingerprint density at radius 3 is 2.67 bits per heavy atom. The summed E-state index contributed by atoms with van der Waals surface area (Å²) in [4.78, 5) is 15.4. The monoisotopic (exact) mass is 244 g/mol. The van der Waals surface area contributed by atoms with Crippen molar-refractivity contribution in [3.8, 4) is 11.1 Å². The summed E-state index contributed by atoms with van der Waals surface area (Å²) < 4.78 is 13.4. The number of nitrogens with zero attached hydrogens (tertiary/aromatic N) is 1. The first-order chi connectivity index (χ1) is 8.49. The highest BCUT2D eigenvalue weighted by molar-refractivity contribution is 5.94. The number of nitrogens with two attached hydrogens (primary N) is 1. The summed E-state index contributed by atoms with van der Waals surface area (Å²) in [5.74, 6) is -1.38. The van der Waals surface area contributed by atoms with Gasteiger partial charge in [0.25, 0.3) is 5.91 Å². The molecule has 0 fully saturated rings. The van der Waals surface area contributed by atoms with Crippen LogP contribution >= 0.6 is 0 Å². The zero-order valence-corrected chi connectivity index (χ0v) is 10.2. The van der Waals surface area contributed by atoms with E-state index in [1.54, 1.807) is 12.3 Å². The van der Waals surface area contributed by atoms with Crippen molar-refractivity contribution in [1.82, 2.24) is 4.98 Å². The number of amides is 1. The molecule has 0 aliphatic heterocycles. The molecule has 0 saturated heterocycles. The molecule has 0 spiro atoms. The molecule has 2 rings (SSSR count). The van der Waals surface area contributed by atoms with Crippen LogP contribution in [0.4, 0.5) is 4.39 Å². The normalized spacial score (nSPS) is 10.4. The smallest absolute Gasteiger partial charge is 0.251 e. The molecule has 4 heteroatoms. The van der Waals surface area contributed by atoms with Crippen molar-refractivity contribution in [3.63, 3.8) is 0 Å². The molecule has 1 aromatic heterocycles. The largest absolute Gasteiger partial charge is 0.366 e. The quantitative estimate of drug-likeness (QED) is 0.882. The lowest BCUT2D eigenvalue weighted by atomic mass is 10.0. The van der Waals surface area contributed by atoms with E-state index in [4.69, 9.17) is 5.73 Å². The molecule has 1 amide bonds. The average molecular weight is 244 g/mol. The zero-order chi connectivity index (χ0) is 13.3. The highest BCUT2D eigenvalue weighted by Crippen LogP contribution is 2.25. The number of carbonyl (C=O) groups is 1. The van der Waals surface area contributed by atoms with Gasteiger partial charge in [-0.15, -0.1) is 0 Å². The Labute approximate surface area is 104 Å². The standard InChI is InChI=1S/C14H13FN2O/c1-8-5-11(9(2)17-7-8)10-3-4-13(15)12(6-10)14(16)18/h3-7H,1-2H3,(H2,16,18). The molecular formula is C14H13FN2O. The van der Waals surface area contributed by atoms with Gasteiger partial charge in [0.15, 0.2) is 0 Å². The fourth-order valence-corrected chi connectivity index (χ4v) is 1.81. The van der Waals surface area contributed by atoms with E-state index in [1.165, 1.54) is 12.1 Å². The zero-order valence-electron chi connectivity index (χ0n) is 10.2. The number of hydrogen-bond donors (Lipinski definition) is 1. The highest BCUT2D eigenvalue weighted by atomic mass is 19.1. The van der Waals surface area contributed by atoms with E-state index in [-0.39, 0.29) is 5.56 Å². The Hall–Kier alpha value is -2.23. The van der Waals surface area contributed by atoms with Crippen LogP contribution in [0.3, 0.4) is 0 Å². The number of hydrogen-bond acceptors (Lipinski definition) is 2. The molecule has 2 N–H and O–H groups in total. The summed E-state index contributed by atoms with van der Waals surface area (Å²) in [6.07, 6.45) is 1.76. The third-order valence-corrected chi connectivity index (χ3v) is 2.77. The van der Waals surface area contributed by atoms with E-state index < -0.39 is 11.7 Å². The molecule has 1 aromatic carbocycles. The number of rotatable bonds is 2. The Balaban J connectivity index is 2.61. The van der Waals surface area contributed by atoms with Gasteiger partial charge in [0, 0.05) is 17.5 Å². The fraction of sp³-hybridized carbons (Fsp3) is 0.143. The first-order valence-electron chi connectivity index (χ1n) is 5.52. The average Bonchev–Trinajstić information content (AvgIpc) is 2.33. The first-order valence-corrected chi connectivity index (χ1v) is 5.52. The number of benzene rings is 1. The topological polar surface area (TPSA) is 56.0 Å². The van der Waals surface area contributed by atoms with Crippen molar-refractivity contribution in [2.45, 2.75) is 13.8 Å². The van der Waals surface area contributed by atoms with Crippen LogP contribution in [0.5, 0.6) is 0 Å². The maximum absolute atomic E-state index is 13.4. The predicted molar refractivity (Wildman–Crippen MR) is 67.6 cm³/mol. The summed E-state index contributed by atoms with van der Waals surface area (Å²) in [6, 6.07) is 6.27. The predicted octanol–water partition coefficient (Wildman–Crippen LogP) is 2.60. The van der Waals surface area contributed by atoms with E-state index >= 15 is 0 Å². The van der Waals surface area contributed by atoms with E-state index in [0.717, 1.165) is 22.4 Å². The number of carbonyl (C=O) groups excluding carboxylic acids is 1. The fourth-order valence-electron chi connectivity index (χ4n) is 1.81. The third kappa shape index (κ3) is 2.22. The van der Waals surface area contributed by atoms with E-state index in [9.17, 15) is 9.18 Å². The van der Waals surface area contributed by atoms with Crippen LogP contribution in [0, 0.1) is 19.7 Å². The first kappa shape index (κ1) is 12.2. The van der Waals surface area contributed by atoms with Crippen LogP contribution in [-0.4, -0.2) is 10.9 Å². The summed E-state index contributed by atoms with van der Waals surface area (Å²) in [7, 11) is 0. The van der Waals surface area contributed by atoms with E-state index in [1.807, 2.05) is 19.9 Å². The van der Waals surface area contributed by atoms with Gasteiger partial charge in [0.2, 0.25) is 0 Å². The molecule has 92 valence electrons. The van der Waals surface area contributed by atoms with Gasteiger partial charge in [-0.05, 0) is 43.2 Å². The molecule has 0 unspecified atom stereocenters. The number of primary amides is 1. The van der Waals surface area contributed by atoms with Gasteiger partial charge < -0.3 is 5.73 Å². The van der Waals surface area contributed by atoms with Crippen molar-refractivity contribution in [3.05, 3.63) is 53.1 Å². The minimum absolute atomic E-state index is 0.103. The van der Waals surface area contributed by atoms with Crippen LogP contribution in [0.25, 0.3) is 11.1 Å². The number of pyridine rings is 1. The lowest BCUT2D eigenvalue weighted by molar-refractivity contribution is 0.0996. The molecule has 0 atom stereocenters. The maximum atomic E-state index is 13.4. The van der Waals surface area contributed by atoms with Crippen molar-refractivity contribution < 1.29 is 9.18 Å². The van der Waals surface area contributed by atoms with Crippen molar-refractivity contribution in [1.29, 1.82) is 0 Å². The molecule has 0 bridgehead atoms. The van der Waals surface area contributed by atoms with Crippen LogP contribution in [-0.2, 0) is 0 Å². The van der Waals surface area contributed by atoms with Crippen molar-refractivity contribution in [2.75, 3.05) is 0 Å². The molecular weight excluding hydrogens is 231 g/mol. The highest BCUT2D eigenvalue weighted by Gasteiger charge is 2.11. The second kappa shape index (κ2) is 4.56. The molecule has 0 aliphatic rings. The van der Waals surface area contributed by atoms with Crippen LogP contribution in [0.2, 0.25) is 0 Å². The van der Waals surface area contributed by atoms with Crippen LogP contribution < -0.4 is 5.73 Å². The molecule has 0 saturated carbocycles. The molecule has 2 aromatic rings. The van der Waals surface area contributed by atoms with Crippen LogP contribution in [0.15, 0.2) is 30.5 Å². The molecule has 0 radical (unpaired) electrons. The van der Waals surface area contributed by atoms with Gasteiger partial charge >= 0.3 is 0 Å². The summed E-state index contributed by atoms with van der Waals surface area (Å²) >= 11 is 0. The minimum atomic E-state index is -0.771. The summed E-state index contributed by atoms with van der Waals surface area (Å²) in [5.41, 5.74) is 8.46. The van der Waals surface area contributed by atoms with Gasteiger partial charge in [-0.3, -0.25) is 9.78 Å². The van der Waals surface area contributed by atoms with Gasteiger partial charge in [-0.1, -0.05) is 6.07 Å². The van der Waals surface area contributed by atoms with E-state index in [2.05, 4.69) is 4.98 Å². The van der Waals surface area contributed by atoms with Gasteiger partial charge in [0.1, 0.15) is 5.82 Å². The second-order valence-corrected chi connectivity index (χ2v) is 4.20. The summed E-state index contributed by atoms with van der Waals surface area (Å²) in [5, 5.41) is 0. The van der Waals surface area contributed by atoms with Gasteiger partial charge in [-0.25, -0.2) is 4.39 Å². The number of halogens is 1. The Morgan fingerprint density at radius 2 is 2.00 bits per heavy atom. The lowest BCUT2D eigenvalue weighted by Gasteiger charge is -2.08. The SMILES string of the molecule is Cc1cnc(C)c(-c2ccc(F)c(C(N)=O)c2)c1. The minimum Gasteiger partial charge on any atom is -0.366 e. The molecule has 1 heterocycles. The van der Waals surface area contributed by atoms with Crippen molar-refractivity contribution >= 4 is 5.91 Å². The lowest BCUT2D eigenvalue weighted by Crippen LogP contribution is -2.13. The second-order valence-electron chi connectivity index (χ2n) is 4.20. The molecule has 0 aliphatic carbocycles. The molecule has 3 nitrogen and oxygen atoms in total.